The Kier molecular flexibility index (Phi) is 5.48. The van der Waals surface area contributed by atoms with E-state index in [1.54, 1.807) is 18.3 Å². The second-order valence-corrected chi connectivity index (χ2v) is 8.24. The maximum Gasteiger partial charge on any atom is 0.248 e. The lowest BCUT2D eigenvalue weighted by molar-refractivity contribution is 0.468. The van der Waals surface area contributed by atoms with Gasteiger partial charge in [0.1, 0.15) is 23.3 Å². The van der Waals surface area contributed by atoms with Crippen LogP contribution in [0, 0.1) is 5.82 Å². The summed E-state index contributed by atoms with van der Waals surface area (Å²) in [7, 11) is 0. The molecule has 1 fully saturated rings. The fourth-order valence-corrected chi connectivity index (χ4v) is 4.32. The number of ether oxygens (including phenoxy) is 1. The Morgan fingerprint density at radius 3 is 2.50 bits per heavy atom. The maximum absolute atomic E-state index is 14.1. The second kappa shape index (κ2) is 8.58. The van der Waals surface area contributed by atoms with E-state index in [-0.39, 0.29) is 11.7 Å². The number of fused-ring (bicyclic) bond motifs is 1. The quantitative estimate of drug-likeness (QED) is 0.442. The summed E-state index contributed by atoms with van der Waals surface area (Å²) in [5, 5.41) is 0.933. The number of halogens is 2. The molecular weight excluding hydrogens is 475 g/mol. The van der Waals surface area contributed by atoms with Crippen LogP contribution in [-0.4, -0.2) is 41.1 Å². The molecule has 0 saturated carbocycles. The van der Waals surface area contributed by atoms with Gasteiger partial charge < -0.3 is 20.3 Å². The Hall–Kier alpha value is -3.46. The van der Waals surface area contributed by atoms with Crippen molar-refractivity contribution in [3.05, 3.63) is 71.3 Å². The third-order valence-electron chi connectivity index (χ3n) is 5.48. The molecule has 3 heterocycles. The van der Waals surface area contributed by atoms with Gasteiger partial charge in [-0.3, -0.25) is 4.98 Å². The molecule has 1 aliphatic heterocycles. The fraction of sp³-hybridized carbons (Fsp3) is 0.174. The van der Waals surface area contributed by atoms with E-state index >= 15 is 0 Å². The zero-order valence-electron chi connectivity index (χ0n) is 17.1. The highest BCUT2D eigenvalue weighted by Gasteiger charge is 2.23. The molecule has 0 radical (unpaired) electrons. The van der Waals surface area contributed by atoms with Crippen LogP contribution in [0.15, 0.2) is 65.5 Å². The standard InChI is InChI=1S/C23H20BrFN6O/c24-16-7-8-19(21-15(16)4-3-9-27-21)32-23-20(26)22(28-14-29-23)31-12-10-30(11-13-31)18-6-2-1-5-17(18)25/h1-9,14H,10-13,26H2. The van der Waals surface area contributed by atoms with Crippen LogP contribution in [0.5, 0.6) is 11.6 Å². The number of para-hydroxylation sites is 1. The van der Waals surface area contributed by atoms with E-state index in [1.807, 2.05) is 35.2 Å². The summed E-state index contributed by atoms with van der Waals surface area (Å²) in [6.07, 6.45) is 3.16. The molecule has 2 aromatic carbocycles. The number of piperazine rings is 1. The van der Waals surface area contributed by atoms with Crippen LogP contribution in [0.4, 0.5) is 21.6 Å². The molecule has 32 heavy (non-hydrogen) atoms. The number of aromatic nitrogens is 3. The zero-order valence-corrected chi connectivity index (χ0v) is 18.7. The van der Waals surface area contributed by atoms with Gasteiger partial charge in [-0.2, -0.15) is 4.98 Å². The van der Waals surface area contributed by atoms with Crippen molar-refractivity contribution >= 4 is 44.0 Å². The first kappa shape index (κ1) is 20.4. The molecule has 9 heteroatoms. The number of rotatable bonds is 4. The highest BCUT2D eigenvalue weighted by molar-refractivity contribution is 9.10. The Morgan fingerprint density at radius 2 is 1.69 bits per heavy atom. The molecule has 1 aliphatic rings. The van der Waals surface area contributed by atoms with E-state index in [4.69, 9.17) is 10.5 Å². The van der Waals surface area contributed by atoms with Crippen molar-refractivity contribution in [3.63, 3.8) is 0 Å². The summed E-state index contributed by atoms with van der Waals surface area (Å²) in [5.41, 5.74) is 8.09. The number of nitrogen functional groups attached to an aromatic ring is 1. The Morgan fingerprint density at radius 1 is 0.906 bits per heavy atom. The summed E-state index contributed by atoms with van der Waals surface area (Å²) in [6, 6.07) is 14.4. The summed E-state index contributed by atoms with van der Waals surface area (Å²) in [5.74, 6) is 1.23. The molecule has 2 N–H and O–H groups in total. The number of hydrogen-bond acceptors (Lipinski definition) is 7. The summed E-state index contributed by atoms with van der Waals surface area (Å²) in [4.78, 5) is 17.2. The van der Waals surface area contributed by atoms with Gasteiger partial charge in [0.15, 0.2) is 11.6 Å². The molecule has 5 rings (SSSR count). The fourth-order valence-electron chi connectivity index (χ4n) is 3.87. The number of pyridine rings is 1. The summed E-state index contributed by atoms with van der Waals surface area (Å²) in [6.45, 7) is 2.61. The minimum absolute atomic E-state index is 0.214. The number of nitrogens with zero attached hydrogens (tertiary/aromatic N) is 5. The molecule has 7 nitrogen and oxygen atoms in total. The van der Waals surface area contributed by atoms with E-state index in [2.05, 4.69) is 35.8 Å². The average molecular weight is 495 g/mol. The van der Waals surface area contributed by atoms with Crippen molar-refractivity contribution < 1.29 is 9.13 Å². The van der Waals surface area contributed by atoms with E-state index < -0.39 is 0 Å². The van der Waals surface area contributed by atoms with Gasteiger partial charge in [-0.15, -0.1) is 0 Å². The van der Waals surface area contributed by atoms with Crippen molar-refractivity contribution in [1.82, 2.24) is 15.0 Å². The summed E-state index contributed by atoms with van der Waals surface area (Å²) < 4.78 is 21.1. The van der Waals surface area contributed by atoms with Gasteiger partial charge in [-0.25, -0.2) is 9.37 Å². The molecule has 0 spiro atoms. The zero-order chi connectivity index (χ0) is 22.1. The van der Waals surface area contributed by atoms with Gasteiger partial charge in [-0.1, -0.05) is 34.1 Å². The van der Waals surface area contributed by atoms with E-state index in [0.29, 0.717) is 54.6 Å². The Bertz CT molecular complexity index is 1280. The normalized spacial score (nSPS) is 14.1. The third kappa shape index (κ3) is 3.80. The average Bonchev–Trinajstić information content (AvgIpc) is 2.83. The monoisotopic (exact) mass is 494 g/mol. The molecule has 0 atom stereocenters. The molecule has 162 valence electrons. The van der Waals surface area contributed by atoms with Crippen molar-refractivity contribution in [1.29, 1.82) is 0 Å². The number of benzene rings is 2. The maximum atomic E-state index is 14.1. The van der Waals surface area contributed by atoms with Gasteiger partial charge in [0.05, 0.1) is 5.69 Å². The van der Waals surface area contributed by atoms with Crippen molar-refractivity contribution in [2.75, 3.05) is 41.7 Å². The van der Waals surface area contributed by atoms with Crippen molar-refractivity contribution in [3.8, 4) is 11.6 Å². The lowest BCUT2D eigenvalue weighted by Crippen LogP contribution is -2.47. The van der Waals surface area contributed by atoms with E-state index in [1.165, 1.54) is 12.4 Å². The molecule has 0 aliphatic carbocycles. The van der Waals surface area contributed by atoms with Gasteiger partial charge in [0, 0.05) is 42.2 Å². The summed E-state index contributed by atoms with van der Waals surface area (Å²) >= 11 is 3.54. The predicted molar refractivity (Wildman–Crippen MR) is 127 cm³/mol. The molecule has 1 saturated heterocycles. The first-order valence-electron chi connectivity index (χ1n) is 10.2. The smallest absolute Gasteiger partial charge is 0.248 e. The minimum atomic E-state index is -0.214. The molecule has 4 aromatic rings. The van der Waals surface area contributed by atoms with Crippen LogP contribution >= 0.6 is 15.9 Å². The highest BCUT2D eigenvalue weighted by atomic mass is 79.9. The van der Waals surface area contributed by atoms with Crippen LogP contribution in [0.3, 0.4) is 0 Å². The first-order valence-corrected chi connectivity index (χ1v) is 11.0. The number of anilines is 3. The topological polar surface area (TPSA) is 80.4 Å². The highest BCUT2D eigenvalue weighted by Crippen LogP contribution is 2.36. The van der Waals surface area contributed by atoms with Crippen LogP contribution in [-0.2, 0) is 0 Å². The third-order valence-corrected chi connectivity index (χ3v) is 6.18. The van der Waals surface area contributed by atoms with E-state index in [0.717, 1.165) is 9.86 Å². The lowest BCUT2D eigenvalue weighted by atomic mass is 10.2. The van der Waals surface area contributed by atoms with Crippen LogP contribution in [0.2, 0.25) is 0 Å². The Labute approximate surface area is 192 Å². The SMILES string of the molecule is Nc1c(Oc2ccc(Br)c3cccnc23)ncnc1N1CCN(c2ccccc2F)CC1. The van der Waals surface area contributed by atoms with Gasteiger partial charge in [0.25, 0.3) is 0 Å². The molecule has 0 amide bonds. The molecule has 2 aromatic heterocycles. The van der Waals surface area contributed by atoms with Crippen LogP contribution in [0.25, 0.3) is 10.9 Å². The lowest BCUT2D eigenvalue weighted by Gasteiger charge is -2.37. The Balaban J connectivity index is 1.37. The molecular formula is C23H20BrFN6O. The largest absolute Gasteiger partial charge is 0.435 e. The first-order chi connectivity index (χ1) is 15.6. The van der Waals surface area contributed by atoms with Gasteiger partial charge in [-0.05, 0) is 30.3 Å². The van der Waals surface area contributed by atoms with Crippen LogP contribution in [0.1, 0.15) is 0 Å². The molecule has 0 unspecified atom stereocenters. The number of hydrogen-bond donors (Lipinski definition) is 1. The number of nitrogens with two attached hydrogens (primary N) is 1. The second-order valence-electron chi connectivity index (χ2n) is 7.39. The van der Waals surface area contributed by atoms with Crippen molar-refractivity contribution in [2.45, 2.75) is 0 Å². The van der Waals surface area contributed by atoms with Gasteiger partial charge >= 0.3 is 0 Å². The van der Waals surface area contributed by atoms with Crippen LogP contribution < -0.4 is 20.3 Å². The van der Waals surface area contributed by atoms with Crippen molar-refractivity contribution in [2.24, 2.45) is 0 Å². The van der Waals surface area contributed by atoms with E-state index in [9.17, 15) is 4.39 Å². The minimum Gasteiger partial charge on any atom is -0.435 e. The predicted octanol–water partition coefficient (Wildman–Crippen LogP) is 4.63. The van der Waals surface area contributed by atoms with Gasteiger partial charge in [0.2, 0.25) is 5.88 Å². The molecule has 0 bridgehead atoms.